The molecule has 0 N–H and O–H groups in total. The smallest absolute Gasteiger partial charge is 0.0540 e. The summed E-state index contributed by atoms with van der Waals surface area (Å²) in [6, 6.07) is 81.2. The van der Waals surface area contributed by atoms with Gasteiger partial charge in [0.05, 0.1) is 5.69 Å². The second kappa shape index (κ2) is 15.3. The number of benzene rings is 9. The molecule has 1 heteroatoms. The molecule has 2 aliphatic rings. The lowest BCUT2D eigenvalue weighted by Gasteiger charge is -2.30. The van der Waals surface area contributed by atoms with Gasteiger partial charge in [-0.05, 0) is 121 Å². The van der Waals surface area contributed by atoms with Gasteiger partial charge in [0, 0.05) is 33.7 Å². The van der Waals surface area contributed by atoms with Crippen LogP contribution in [0.5, 0.6) is 0 Å². The molecule has 0 fully saturated rings. The van der Waals surface area contributed by atoms with Gasteiger partial charge in [-0.15, -0.1) is 0 Å². The lowest BCUT2D eigenvalue weighted by Crippen LogP contribution is -2.16. The number of nitrogens with zero attached hydrogens (tertiary/aromatic N) is 1. The van der Waals surface area contributed by atoms with Gasteiger partial charge in [-0.2, -0.15) is 0 Å². The third-order valence-electron chi connectivity index (χ3n) is 14.1. The molecule has 0 aromatic heterocycles. The highest BCUT2D eigenvalue weighted by Gasteiger charge is 2.37. The van der Waals surface area contributed by atoms with Crippen LogP contribution in [0.2, 0.25) is 0 Å². The second-order valence-corrected chi connectivity index (χ2v) is 18.5. The number of anilines is 3. The first-order valence-corrected chi connectivity index (χ1v) is 22.4. The molecule has 0 saturated heterocycles. The van der Waals surface area contributed by atoms with Crippen LogP contribution in [0.25, 0.3) is 44.5 Å². The van der Waals surface area contributed by atoms with Crippen molar-refractivity contribution in [2.45, 2.75) is 50.9 Å². The fraction of sp³-hybridized carbons (Fsp3) is 0.129. The van der Waals surface area contributed by atoms with Crippen molar-refractivity contribution in [2.75, 3.05) is 4.90 Å². The Morgan fingerprint density at radius 1 is 0.365 bits per heavy atom. The quantitative estimate of drug-likeness (QED) is 0.140. The highest BCUT2D eigenvalue weighted by molar-refractivity contribution is 5.91. The van der Waals surface area contributed by atoms with Gasteiger partial charge >= 0.3 is 0 Å². The van der Waals surface area contributed by atoms with E-state index in [0.717, 1.165) is 23.5 Å². The molecule has 0 saturated carbocycles. The summed E-state index contributed by atoms with van der Waals surface area (Å²) in [5.74, 6) is 0.159. The van der Waals surface area contributed by atoms with Gasteiger partial charge in [0.1, 0.15) is 0 Å². The second-order valence-electron chi connectivity index (χ2n) is 18.5. The van der Waals surface area contributed by atoms with Crippen molar-refractivity contribution in [1.82, 2.24) is 0 Å². The normalized spacial score (nSPS) is 14.3. The predicted molar refractivity (Wildman–Crippen MR) is 266 cm³/mol. The minimum absolute atomic E-state index is 0.0438. The van der Waals surface area contributed by atoms with Crippen molar-refractivity contribution >= 4 is 17.1 Å². The van der Waals surface area contributed by atoms with E-state index in [2.05, 4.69) is 251 Å². The Labute approximate surface area is 373 Å². The summed E-state index contributed by atoms with van der Waals surface area (Å²) in [4.78, 5) is 2.44. The Morgan fingerprint density at radius 2 is 0.873 bits per heavy atom. The van der Waals surface area contributed by atoms with E-state index >= 15 is 0 Å². The number of hydrogen-bond donors (Lipinski definition) is 0. The fourth-order valence-corrected chi connectivity index (χ4v) is 10.9. The van der Waals surface area contributed by atoms with Crippen LogP contribution in [0.3, 0.4) is 0 Å². The topological polar surface area (TPSA) is 3.24 Å². The SMILES string of the molecule is CC1(C)c2ccccc2-c2ccc(CC(c3ccccc3)c3ccccc3-c3cccc(-c4ccccc4N(c4ccccc4)c4ccc5c(c4)C(C)(C)c4ccccc4-5)c3)cc21. The molecule has 11 rings (SSSR count). The molecular formula is C62H51N. The molecule has 0 spiro atoms. The lowest BCUT2D eigenvalue weighted by molar-refractivity contribution is 0.658. The first kappa shape index (κ1) is 38.7. The summed E-state index contributed by atoms with van der Waals surface area (Å²) >= 11 is 0. The van der Waals surface area contributed by atoms with E-state index in [1.54, 1.807) is 0 Å². The van der Waals surface area contributed by atoms with E-state index in [1.807, 2.05) is 0 Å². The van der Waals surface area contributed by atoms with E-state index < -0.39 is 0 Å². The van der Waals surface area contributed by atoms with Gasteiger partial charge in [-0.1, -0.05) is 210 Å². The van der Waals surface area contributed by atoms with E-state index in [4.69, 9.17) is 0 Å². The molecule has 9 aromatic rings. The van der Waals surface area contributed by atoms with Crippen LogP contribution in [0, 0.1) is 0 Å². The van der Waals surface area contributed by atoms with Crippen LogP contribution >= 0.6 is 0 Å². The Balaban J connectivity index is 0.999. The summed E-state index contributed by atoms with van der Waals surface area (Å²) in [7, 11) is 0. The maximum Gasteiger partial charge on any atom is 0.0540 e. The summed E-state index contributed by atoms with van der Waals surface area (Å²) in [6.45, 7) is 9.47. The third kappa shape index (κ3) is 6.54. The Bertz CT molecular complexity index is 3150. The van der Waals surface area contributed by atoms with E-state index in [1.165, 1.54) is 83.5 Å². The Hall–Kier alpha value is -7.22. The summed E-state index contributed by atoms with van der Waals surface area (Å²) in [5.41, 5.74) is 23.1. The zero-order chi connectivity index (χ0) is 42.7. The average molecular weight is 810 g/mol. The summed E-state index contributed by atoms with van der Waals surface area (Å²) in [6.07, 6.45) is 0.901. The van der Waals surface area contributed by atoms with Gasteiger partial charge in [0.15, 0.2) is 0 Å². The highest BCUT2D eigenvalue weighted by atomic mass is 15.1. The Morgan fingerprint density at radius 3 is 1.56 bits per heavy atom. The van der Waals surface area contributed by atoms with Crippen molar-refractivity contribution in [3.05, 3.63) is 257 Å². The molecule has 0 radical (unpaired) electrons. The molecule has 1 atom stereocenters. The fourth-order valence-electron chi connectivity index (χ4n) is 10.9. The van der Waals surface area contributed by atoms with Gasteiger partial charge in [0.2, 0.25) is 0 Å². The monoisotopic (exact) mass is 809 g/mol. The molecule has 9 aromatic carbocycles. The van der Waals surface area contributed by atoms with Crippen molar-refractivity contribution in [1.29, 1.82) is 0 Å². The van der Waals surface area contributed by atoms with Crippen molar-refractivity contribution in [3.63, 3.8) is 0 Å². The van der Waals surface area contributed by atoms with Gasteiger partial charge in [-0.3, -0.25) is 0 Å². The van der Waals surface area contributed by atoms with Crippen molar-refractivity contribution in [2.24, 2.45) is 0 Å². The number of rotatable bonds is 9. The van der Waals surface area contributed by atoms with Crippen LogP contribution in [-0.2, 0) is 17.3 Å². The maximum absolute atomic E-state index is 2.49. The van der Waals surface area contributed by atoms with Gasteiger partial charge < -0.3 is 4.90 Å². The molecule has 0 aliphatic heterocycles. The van der Waals surface area contributed by atoms with Crippen molar-refractivity contribution < 1.29 is 0 Å². The molecule has 1 unspecified atom stereocenters. The van der Waals surface area contributed by atoms with Crippen LogP contribution in [0.4, 0.5) is 17.1 Å². The van der Waals surface area contributed by atoms with Crippen molar-refractivity contribution in [3.8, 4) is 44.5 Å². The van der Waals surface area contributed by atoms with E-state index in [-0.39, 0.29) is 16.7 Å². The van der Waals surface area contributed by atoms with Gasteiger partial charge in [-0.25, -0.2) is 0 Å². The molecule has 0 bridgehead atoms. The largest absolute Gasteiger partial charge is 0.310 e. The summed E-state index contributed by atoms with van der Waals surface area (Å²) < 4.78 is 0. The van der Waals surface area contributed by atoms with Crippen LogP contribution in [0.1, 0.15) is 72.6 Å². The van der Waals surface area contributed by atoms with Crippen LogP contribution in [0.15, 0.2) is 218 Å². The van der Waals surface area contributed by atoms with E-state index in [9.17, 15) is 0 Å². The average Bonchev–Trinajstić information content (AvgIpc) is 3.70. The third-order valence-corrected chi connectivity index (χ3v) is 14.1. The minimum atomic E-state index is -0.105. The molecule has 1 nitrogen and oxygen atoms in total. The molecule has 0 heterocycles. The molecule has 0 amide bonds. The zero-order valence-electron chi connectivity index (χ0n) is 36.5. The molecular weight excluding hydrogens is 759 g/mol. The van der Waals surface area contributed by atoms with Gasteiger partial charge in [0.25, 0.3) is 0 Å². The molecule has 63 heavy (non-hydrogen) atoms. The summed E-state index contributed by atoms with van der Waals surface area (Å²) in [5, 5.41) is 0. The number of fused-ring (bicyclic) bond motifs is 6. The zero-order valence-corrected chi connectivity index (χ0v) is 36.5. The van der Waals surface area contributed by atoms with Crippen LogP contribution in [-0.4, -0.2) is 0 Å². The Kier molecular flexibility index (Phi) is 9.39. The molecule has 304 valence electrons. The number of para-hydroxylation sites is 2. The first-order chi connectivity index (χ1) is 30.8. The maximum atomic E-state index is 2.49. The van der Waals surface area contributed by atoms with E-state index in [0.29, 0.717) is 0 Å². The van der Waals surface area contributed by atoms with Crippen LogP contribution < -0.4 is 4.90 Å². The first-order valence-electron chi connectivity index (χ1n) is 22.4. The standard InChI is InChI=1S/C62H51N/c1-61(2)56-31-16-13-29-51(56)53-36-34-42(39-58(53)61)38-55(43-20-7-5-8-21-43)50-28-12-11-26-48(50)44-22-19-23-45(40-44)49-27-15-18-33-60(49)63(46-24-9-6-10-25-46)47-35-37-54-52-30-14-17-32-57(52)62(3,4)59(54)41-47/h5-37,39-41,55H,38H2,1-4H3. The predicted octanol–water partition coefficient (Wildman–Crippen LogP) is 16.5. The molecule has 2 aliphatic carbocycles. The minimum Gasteiger partial charge on any atom is -0.310 e. The lowest BCUT2D eigenvalue weighted by atomic mass is 9.79. The highest BCUT2D eigenvalue weighted by Crippen LogP contribution is 2.52. The number of hydrogen-bond acceptors (Lipinski definition) is 1.